The lowest BCUT2D eigenvalue weighted by Gasteiger charge is -2.28. The third kappa shape index (κ3) is 5.34. The highest BCUT2D eigenvalue weighted by atomic mass is 16.5. The second kappa shape index (κ2) is 10.4. The molecule has 0 bridgehead atoms. The number of hydrogen-bond acceptors (Lipinski definition) is 5. The van der Waals surface area contributed by atoms with Gasteiger partial charge in [0.2, 0.25) is 5.75 Å². The van der Waals surface area contributed by atoms with Gasteiger partial charge in [0, 0.05) is 6.07 Å². The summed E-state index contributed by atoms with van der Waals surface area (Å²) in [5.41, 5.74) is 0.277. The number of benzene rings is 1. The van der Waals surface area contributed by atoms with Crippen LogP contribution < -0.4 is 14.9 Å². The standard InChI is InChI=1S/C20H24O5.2C2H6/c1-11(2)10-20(4,5)25-19-17-13(7-8-23-17)16(22-6)15-14(21)9-12(3)24-18(15)19;2*1-2/h7-9,11H,10H2,1-6H3;2*1-2H3. The molecule has 0 amide bonds. The van der Waals surface area contributed by atoms with Gasteiger partial charge in [0.25, 0.3) is 0 Å². The molecule has 0 fully saturated rings. The molecule has 162 valence electrons. The highest BCUT2D eigenvalue weighted by molar-refractivity contribution is 6.06. The predicted octanol–water partition coefficient (Wildman–Crippen LogP) is 7.11. The maximum absolute atomic E-state index is 12.6. The van der Waals surface area contributed by atoms with Crippen molar-refractivity contribution in [1.29, 1.82) is 0 Å². The van der Waals surface area contributed by atoms with Gasteiger partial charge in [-0.3, -0.25) is 4.79 Å². The van der Waals surface area contributed by atoms with E-state index >= 15 is 0 Å². The minimum Gasteiger partial charge on any atom is -0.495 e. The third-order valence-corrected chi connectivity index (χ3v) is 4.10. The fraction of sp³-hybridized carbons (Fsp3) is 0.542. The minimum atomic E-state index is -0.447. The monoisotopic (exact) mass is 404 g/mol. The van der Waals surface area contributed by atoms with E-state index < -0.39 is 5.60 Å². The molecule has 1 aromatic carbocycles. The van der Waals surface area contributed by atoms with Crippen molar-refractivity contribution in [2.24, 2.45) is 5.92 Å². The zero-order chi connectivity index (χ0) is 22.4. The number of furan rings is 1. The van der Waals surface area contributed by atoms with Crippen molar-refractivity contribution >= 4 is 21.9 Å². The van der Waals surface area contributed by atoms with E-state index in [2.05, 4.69) is 13.8 Å². The average Bonchev–Trinajstić information content (AvgIpc) is 3.14. The molecule has 5 nitrogen and oxygen atoms in total. The number of rotatable bonds is 5. The number of ether oxygens (including phenoxy) is 2. The molecule has 0 spiro atoms. The summed E-state index contributed by atoms with van der Waals surface area (Å²) in [4.78, 5) is 12.6. The van der Waals surface area contributed by atoms with Gasteiger partial charge in [-0.15, -0.1) is 0 Å². The molecule has 0 atom stereocenters. The molecule has 0 saturated heterocycles. The van der Waals surface area contributed by atoms with Gasteiger partial charge in [-0.2, -0.15) is 0 Å². The maximum atomic E-state index is 12.6. The summed E-state index contributed by atoms with van der Waals surface area (Å²) in [6.45, 7) is 18.1. The van der Waals surface area contributed by atoms with Crippen LogP contribution in [0.4, 0.5) is 0 Å². The van der Waals surface area contributed by atoms with Gasteiger partial charge >= 0.3 is 0 Å². The first-order valence-electron chi connectivity index (χ1n) is 10.4. The summed E-state index contributed by atoms with van der Waals surface area (Å²) in [7, 11) is 1.53. The van der Waals surface area contributed by atoms with Crippen molar-refractivity contribution in [3.63, 3.8) is 0 Å². The van der Waals surface area contributed by atoms with Crippen LogP contribution in [-0.4, -0.2) is 12.7 Å². The van der Waals surface area contributed by atoms with Crippen LogP contribution in [0.2, 0.25) is 0 Å². The molecular weight excluding hydrogens is 368 g/mol. The summed E-state index contributed by atoms with van der Waals surface area (Å²) >= 11 is 0. The Labute approximate surface area is 174 Å². The number of hydrogen-bond donors (Lipinski definition) is 0. The van der Waals surface area contributed by atoms with Crippen LogP contribution in [-0.2, 0) is 0 Å². The highest BCUT2D eigenvalue weighted by Gasteiger charge is 2.28. The van der Waals surface area contributed by atoms with E-state index in [1.54, 1.807) is 19.3 Å². The Morgan fingerprint density at radius 3 is 2.24 bits per heavy atom. The Hall–Kier alpha value is -2.43. The second-order valence-electron chi connectivity index (χ2n) is 7.41. The maximum Gasteiger partial charge on any atom is 0.207 e. The van der Waals surface area contributed by atoms with Gasteiger partial charge in [-0.05, 0) is 39.2 Å². The molecule has 3 rings (SSSR count). The molecule has 0 N–H and O–H groups in total. The van der Waals surface area contributed by atoms with Crippen molar-refractivity contribution in [3.8, 4) is 11.5 Å². The molecule has 5 heteroatoms. The summed E-state index contributed by atoms with van der Waals surface area (Å²) in [5.74, 6) is 1.86. The molecule has 0 saturated carbocycles. The fourth-order valence-corrected chi connectivity index (χ4v) is 3.49. The van der Waals surface area contributed by atoms with Crippen molar-refractivity contribution < 1.29 is 18.3 Å². The number of aryl methyl sites for hydroxylation is 1. The van der Waals surface area contributed by atoms with Crippen molar-refractivity contribution in [3.05, 3.63) is 34.4 Å². The largest absolute Gasteiger partial charge is 0.495 e. The quantitative estimate of drug-likeness (QED) is 0.453. The van der Waals surface area contributed by atoms with Gasteiger partial charge in [0.1, 0.15) is 22.5 Å². The van der Waals surface area contributed by atoms with Crippen LogP contribution in [0.15, 0.2) is 32.0 Å². The van der Waals surface area contributed by atoms with E-state index in [-0.39, 0.29) is 5.43 Å². The van der Waals surface area contributed by atoms with E-state index in [1.807, 2.05) is 41.5 Å². The third-order valence-electron chi connectivity index (χ3n) is 4.10. The summed E-state index contributed by atoms with van der Waals surface area (Å²) < 4.78 is 23.4. The normalized spacial score (nSPS) is 11.0. The summed E-state index contributed by atoms with van der Waals surface area (Å²) in [5, 5.41) is 1.07. The zero-order valence-electron chi connectivity index (χ0n) is 19.6. The van der Waals surface area contributed by atoms with E-state index in [1.165, 1.54) is 13.2 Å². The Morgan fingerprint density at radius 2 is 1.69 bits per heavy atom. The molecule has 0 aliphatic carbocycles. The smallest absolute Gasteiger partial charge is 0.207 e. The molecule has 0 aliphatic rings. The lowest BCUT2D eigenvalue weighted by atomic mass is 9.96. The van der Waals surface area contributed by atoms with Crippen LogP contribution in [0.3, 0.4) is 0 Å². The number of methoxy groups -OCH3 is 1. The summed E-state index contributed by atoms with van der Waals surface area (Å²) in [6.07, 6.45) is 2.41. The lowest BCUT2D eigenvalue weighted by molar-refractivity contribution is 0.0860. The van der Waals surface area contributed by atoms with Crippen LogP contribution in [0.1, 0.15) is 67.6 Å². The molecule has 0 unspecified atom stereocenters. The minimum absolute atomic E-state index is 0.162. The fourth-order valence-electron chi connectivity index (χ4n) is 3.49. The Balaban J connectivity index is 0.000000989. The lowest BCUT2D eigenvalue weighted by Crippen LogP contribution is -2.30. The van der Waals surface area contributed by atoms with Gasteiger partial charge in [-0.25, -0.2) is 0 Å². The topological polar surface area (TPSA) is 61.8 Å². The average molecular weight is 405 g/mol. The van der Waals surface area contributed by atoms with Crippen LogP contribution in [0.5, 0.6) is 11.5 Å². The molecule has 3 aromatic rings. The van der Waals surface area contributed by atoms with E-state index in [4.69, 9.17) is 18.3 Å². The van der Waals surface area contributed by atoms with Gasteiger partial charge in [0.15, 0.2) is 16.6 Å². The first-order valence-corrected chi connectivity index (χ1v) is 10.4. The molecule has 29 heavy (non-hydrogen) atoms. The van der Waals surface area contributed by atoms with Gasteiger partial charge in [-0.1, -0.05) is 41.5 Å². The highest BCUT2D eigenvalue weighted by Crippen LogP contribution is 2.43. The molecule has 0 aliphatic heterocycles. The van der Waals surface area contributed by atoms with Crippen LogP contribution in [0.25, 0.3) is 21.9 Å². The van der Waals surface area contributed by atoms with Gasteiger partial charge < -0.3 is 18.3 Å². The molecular formula is C24H36O5. The van der Waals surface area contributed by atoms with Crippen molar-refractivity contribution in [1.82, 2.24) is 0 Å². The van der Waals surface area contributed by atoms with E-state index in [0.29, 0.717) is 45.1 Å². The first-order chi connectivity index (χ1) is 13.7. The second-order valence-corrected chi connectivity index (χ2v) is 7.41. The summed E-state index contributed by atoms with van der Waals surface area (Å²) in [6, 6.07) is 3.23. The van der Waals surface area contributed by atoms with E-state index in [9.17, 15) is 4.79 Å². The molecule has 2 aromatic heterocycles. The first kappa shape index (κ1) is 24.6. The van der Waals surface area contributed by atoms with Crippen LogP contribution >= 0.6 is 0 Å². The van der Waals surface area contributed by atoms with Crippen molar-refractivity contribution in [2.45, 2.75) is 74.3 Å². The molecule has 2 heterocycles. The Kier molecular flexibility index (Phi) is 8.80. The van der Waals surface area contributed by atoms with Crippen molar-refractivity contribution in [2.75, 3.05) is 7.11 Å². The molecule has 0 radical (unpaired) electrons. The van der Waals surface area contributed by atoms with Gasteiger partial charge in [0.05, 0.1) is 18.8 Å². The van der Waals surface area contributed by atoms with E-state index in [0.717, 1.165) is 6.42 Å². The Bertz CT molecular complexity index is 976. The predicted molar refractivity (Wildman–Crippen MR) is 120 cm³/mol. The Morgan fingerprint density at radius 1 is 1.07 bits per heavy atom. The number of fused-ring (bicyclic) bond motifs is 2. The van der Waals surface area contributed by atoms with Crippen LogP contribution in [0, 0.1) is 12.8 Å². The zero-order valence-corrected chi connectivity index (χ0v) is 19.6. The SMILES string of the molecule is CC.CC.COc1c2ccoc2c(OC(C)(C)CC(C)C)c2oc(C)cc(=O)c12.